The third kappa shape index (κ3) is 5.04. The zero-order chi connectivity index (χ0) is 20.1. The molecule has 1 aliphatic rings. The first-order valence-corrected chi connectivity index (χ1v) is 9.90. The topological polar surface area (TPSA) is 69.6 Å². The van der Waals surface area contributed by atoms with Crippen LogP contribution in [0, 0.1) is 11.8 Å². The molecule has 28 heavy (non-hydrogen) atoms. The van der Waals surface area contributed by atoms with Crippen molar-refractivity contribution in [3.05, 3.63) is 69.7 Å². The van der Waals surface area contributed by atoms with Gasteiger partial charge in [0.05, 0.1) is 11.8 Å². The van der Waals surface area contributed by atoms with Crippen molar-refractivity contribution in [2.24, 2.45) is 11.8 Å². The predicted molar refractivity (Wildman–Crippen MR) is 109 cm³/mol. The van der Waals surface area contributed by atoms with Gasteiger partial charge in [0.25, 0.3) is 0 Å². The van der Waals surface area contributed by atoms with E-state index in [9.17, 15) is 14.7 Å². The molecular formula is C21H22Cl2N2O3. The van der Waals surface area contributed by atoms with E-state index in [2.05, 4.69) is 5.32 Å². The standard InChI is InChI=1S/C21H22Cl2N2O3/c22-16-5-1-14(2-6-16)11-24-20(27)19-13-25(21(28)18(19)9-10-26)12-15-3-7-17(23)8-4-15/h1-8,18-19,26H,9-13H2,(H,24,27)/t18-,19+/m0/s1. The fourth-order valence-corrected chi connectivity index (χ4v) is 3.72. The average Bonchev–Trinajstić information content (AvgIpc) is 2.99. The summed E-state index contributed by atoms with van der Waals surface area (Å²) in [6.45, 7) is 0.980. The van der Waals surface area contributed by atoms with Gasteiger partial charge in [-0.25, -0.2) is 0 Å². The molecule has 7 heteroatoms. The molecule has 0 aliphatic carbocycles. The van der Waals surface area contributed by atoms with E-state index < -0.39 is 11.8 Å². The molecular weight excluding hydrogens is 399 g/mol. The molecule has 2 aromatic rings. The molecule has 2 amide bonds. The number of carbonyl (C=O) groups excluding carboxylic acids is 2. The van der Waals surface area contributed by atoms with E-state index in [0.29, 0.717) is 29.7 Å². The summed E-state index contributed by atoms with van der Waals surface area (Å²) < 4.78 is 0. The Morgan fingerprint density at radius 2 is 1.61 bits per heavy atom. The molecule has 0 radical (unpaired) electrons. The molecule has 3 rings (SSSR count). The first-order chi connectivity index (χ1) is 13.5. The van der Waals surface area contributed by atoms with Gasteiger partial charge in [-0.1, -0.05) is 47.5 Å². The lowest BCUT2D eigenvalue weighted by molar-refractivity contribution is -0.134. The van der Waals surface area contributed by atoms with Crippen LogP contribution in [-0.2, 0) is 22.7 Å². The van der Waals surface area contributed by atoms with Gasteiger partial charge in [-0.05, 0) is 41.8 Å². The van der Waals surface area contributed by atoms with E-state index in [0.717, 1.165) is 11.1 Å². The van der Waals surface area contributed by atoms with Gasteiger partial charge in [0.2, 0.25) is 11.8 Å². The summed E-state index contributed by atoms with van der Waals surface area (Å²) in [5, 5.41) is 13.5. The van der Waals surface area contributed by atoms with Gasteiger partial charge in [-0.15, -0.1) is 0 Å². The minimum atomic E-state index is -0.512. The fourth-order valence-electron chi connectivity index (χ4n) is 3.47. The minimum Gasteiger partial charge on any atom is -0.396 e. The molecule has 1 aliphatic heterocycles. The van der Waals surface area contributed by atoms with Crippen molar-refractivity contribution in [3.63, 3.8) is 0 Å². The highest BCUT2D eigenvalue weighted by Crippen LogP contribution is 2.29. The second-order valence-electron chi connectivity index (χ2n) is 6.91. The normalized spacial score (nSPS) is 19.1. The molecule has 1 heterocycles. The third-order valence-electron chi connectivity index (χ3n) is 4.98. The zero-order valence-electron chi connectivity index (χ0n) is 15.3. The van der Waals surface area contributed by atoms with Gasteiger partial charge in [0, 0.05) is 36.3 Å². The number of amides is 2. The summed E-state index contributed by atoms with van der Waals surface area (Å²) in [7, 11) is 0. The van der Waals surface area contributed by atoms with Crippen LogP contribution in [0.4, 0.5) is 0 Å². The molecule has 5 nitrogen and oxygen atoms in total. The highest BCUT2D eigenvalue weighted by atomic mass is 35.5. The summed E-state index contributed by atoms with van der Waals surface area (Å²) >= 11 is 11.8. The SMILES string of the molecule is O=C(NCc1ccc(Cl)cc1)[C@@H]1CN(Cc2ccc(Cl)cc2)C(=O)[C@H]1CCO. The summed E-state index contributed by atoms with van der Waals surface area (Å²) in [6.07, 6.45) is 0.273. The number of carbonyl (C=O) groups is 2. The van der Waals surface area contributed by atoms with E-state index in [1.54, 1.807) is 29.2 Å². The van der Waals surface area contributed by atoms with Crippen LogP contribution in [0.2, 0.25) is 10.0 Å². The van der Waals surface area contributed by atoms with Crippen molar-refractivity contribution < 1.29 is 14.7 Å². The summed E-state index contributed by atoms with van der Waals surface area (Å²) in [5.74, 6) is -1.28. The Hall–Kier alpha value is -2.08. The van der Waals surface area contributed by atoms with Gasteiger partial charge < -0.3 is 15.3 Å². The Bertz CT molecular complexity index is 825. The molecule has 2 atom stereocenters. The quantitative estimate of drug-likeness (QED) is 0.721. The number of nitrogens with zero attached hydrogens (tertiary/aromatic N) is 1. The second kappa shape index (κ2) is 9.41. The van der Waals surface area contributed by atoms with Gasteiger partial charge in [0.1, 0.15) is 0 Å². The average molecular weight is 421 g/mol. The summed E-state index contributed by atoms with van der Waals surface area (Å²) in [6, 6.07) is 14.5. The third-order valence-corrected chi connectivity index (χ3v) is 5.48. The Kier molecular flexibility index (Phi) is 6.94. The van der Waals surface area contributed by atoms with E-state index in [1.807, 2.05) is 24.3 Å². The monoisotopic (exact) mass is 420 g/mol. The largest absolute Gasteiger partial charge is 0.396 e. The van der Waals surface area contributed by atoms with Crippen LogP contribution < -0.4 is 5.32 Å². The lowest BCUT2D eigenvalue weighted by atomic mass is 9.92. The lowest BCUT2D eigenvalue weighted by Gasteiger charge is -2.16. The van der Waals surface area contributed by atoms with Crippen molar-refractivity contribution in [1.82, 2.24) is 10.2 Å². The number of rotatable bonds is 7. The van der Waals surface area contributed by atoms with E-state index in [-0.39, 0.29) is 24.8 Å². The van der Waals surface area contributed by atoms with Crippen LogP contribution in [0.5, 0.6) is 0 Å². The molecule has 2 aromatic carbocycles. The van der Waals surface area contributed by atoms with Crippen molar-refractivity contribution in [2.75, 3.05) is 13.2 Å². The zero-order valence-corrected chi connectivity index (χ0v) is 16.8. The van der Waals surface area contributed by atoms with Crippen molar-refractivity contribution in [1.29, 1.82) is 0 Å². The second-order valence-corrected chi connectivity index (χ2v) is 7.79. The molecule has 2 N–H and O–H groups in total. The molecule has 0 aromatic heterocycles. The van der Waals surface area contributed by atoms with Crippen LogP contribution in [0.1, 0.15) is 17.5 Å². The summed E-state index contributed by atoms with van der Waals surface area (Å²) in [4.78, 5) is 27.2. The lowest BCUT2D eigenvalue weighted by Crippen LogP contribution is -2.35. The van der Waals surface area contributed by atoms with Crippen LogP contribution >= 0.6 is 23.2 Å². The van der Waals surface area contributed by atoms with Crippen LogP contribution in [0.15, 0.2) is 48.5 Å². The van der Waals surface area contributed by atoms with Crippen LogP contribution in [-0.4, -0.2) is 35.0 Å². The van der Waals surface area contributed by atoms with Gasteiger partial charge in [-0.2, -0.15) is 0 Å². The molecule has 0 spiro atoms. The minimum absolute atomic E-state index is 0.101. The molecule has 148 valence electrons. The number of hydrogen-bond acceptors (Lipinski definition) is 3. The van der Waals surface area contributed by atoms with E-state index in [1.165, 1.54) is 0 Å². The predicted octanol–water partition coefficient (Wildman–Crippen LogP) is 3.27. The maximum atomic E-state index is 12.8. The van der Waals surface area contributed by atoms with Crippen LogP contribution in [0.3, 0.4) is 0 Å². The number of aliphatic hydroxyl groups is 1. The van der Waals surface area contributed by atoms with Crippen molar-refractivity contribution >= 4 is 35.0 Å². The van der Waals surface area contributed by atoms with Gasteiger partial charge in [0.15, 0.2) is 0 Å². The summed E-state index contributed by atoms with van der Waals surface area (Å²) in [5.41, 5.74) is 1.88. The Balaban J connectivity index is 1.65. The number of likely N-dealkylation sites (tertiary alicyclic amines) is 1. The highest BCUT2D eigenvalue weighted by Gasteiger charge is 2.43. The Morgan fingerprint density at radius 3 is 2.18 bits per heavy atom. The number of aliphatic hydroxyl groups excluding tert-OH is 1. The van der Waals surface area contributed by atoms with Gasteiger partial charge in [-0.3, -0.25) is 9.59 Å². The number of benzene rings is 2. The fraction of sp³-hybridized carbons (Fsp3) is 0.333. The molecule has 0 unspecified atom stereocenters. The first kappa shape index (κ1) is 20.6. The van der Waals surface area contributed by atoms with Gasteiger partial charge >= 0.3 is 0 Å². The maximum Gasteiger partial charge on any atom is 0.226 e. The maximum absolute atomic E-state index is 12.8. The number of halogens is 2. The van der Waals surface area contributed by atoms with Crippen LogP contribution in [0.25, 0.3) is 0 Å². The highest BCUT2D eigenvalue weighted by molar-refractivity contribution is 6.30. The Morgan fingerprint density at radius 1 is 1.04 bits per heavy atom. The molecule has 0 bridgehead atoms. The first-order valence-electron chi connectivity index (χ1n) is 9.14. The number of hydrogen-bond donors (Lipinski definition) is 2. The van der Waals surface area contributed by atoms with Crippen molar-refractivity contribution in [3.8, 4) is 0 Å². The van der Waals surface area contributed by atoms with Crippen molar-refractivity contribution in [2.45, 2.75) is 19.5 Å². The molecule has 0 saturated carbocycles. The number of nitrogens with one attached hydrogen (secondary N) is 1. The smallest absolute Gasteiger partial charge is 0.226 e. The van der Waals surface area contributed by atoms with E-state index >= 15 is 0 Å². The molecule has 1 saturated heterocycles. The van der Waals surface area contributed by atoms with E-state index in [4.69, 9.17) is 23.2 Å². The molecule has 1 fully saturated rings. The Labute approximate surface area is 174 Å².